The fourth-order valence-electron chi connectivity index (χ4n) is 2.33. The van der Waals surface area contributed by atoms with Crippen LogP contribution in [0.2, 0.25) is 0 Å². The molecule has 1 rings (SSSR count). The Morgan fingerprint density at radius 3 is 2.62 bits per heavy atom. The smallest absolute Gasteiger partial charge is 0.0791 e. The highest BCUT2D eigenvalue weighted by molar-refractivity contribution is 4.93. The number of β-amino-alcohol motifs (C(OH)–C–C–N with tert-alkyl or cyclic N) is 1. The molecule has 3 unspecified atom stereocenters. The highest BCUT2D eigenvalue weighted by atomic mass is 16.3. The molecule has 1 saturated heterocycles. The molecule has 0 aliphatic carbocycles. The molecule has 1 aliphatic heterocycles. The second-order valence-electron chi connectivity index (χ2n) is 4.91. The Hall–Kier alpha value is -0.0800. The number of likely N-dealkylation sites (tertiary alicyclic amines) is 1. The van der Waals surface area contributed by atoms with E-state index in [-0.39, 0.29) is 0 Å². The normalized spacial score (nSPS) is 38.1. The maximum atomic E-state index is 10.3. The lowest BCUT2D eigenvalue weighted by atomic mass is 9.88. The van der Waals surface area contributed by atoms with Crippen molar-refractivity contribution < 1.29 is 5.11 Å². The number of likely N-dealkylation sites (N-methyl/N-ethyl adjacent to an activating group) is 1. The zero-order valence-corrected chi connectivity index (χ0v) is 9.38. The van der Waals surface area contributed by atoms with Gasteiger partial charge in [0, 0.05) is 12.6 Å². The van der Waals surface area contributed by atoms with E-state index in [0.717, 1.165) is 19.4 Å². The van der Waals surface area contributed by atoms with Crippen molar-refractivity contribution in [3.8, 4) is 0 Å². The zero-order chi connectivity index (χ0) is 10.1. The summed E-state index contributed by atoms with van der Waals surface area (Å²) in [7, 11) is 2.10. The molecule has 3 atom stereocenters. The first kappa shape index (κ1) is 11.0. The molecule has 0 aromatic rings. The lowest BCUT2D eigenvalue weighted by molar-refractivity contribution is 0.0281. The van der Waals surface area contributed by atoms with E-state index < -0.39 is 5.60 Å². The van der Waals surface area contributed by atoms with Crippen molar-refractivity contribution in [1.29, 1.82) is 0 Å². The summed E-state index contributed by atoms with van der Waals surface area (Å²) in [6, 6.07) is 0.536. The van der Waals surface area contributed by atoms with Crippen molar-refractivity contribution in [1.82, 2.24) is 4.90 Å². The fraction of sp³-hybridized carbons (Fsp3) is 1.00. The first-order valence-corrected chi connectivity index (χ1v) is 5.39. The molecular weight excluding hydrogens is 162 g/mol. The predicted octanol–water partition coefficient (Wildman–Crippen LogP) is 1.88. The van der Waals surface area contributed by atoms with Crippen LogP contribution in [0.5, 0.6) is 0 Å². The van der Waals surface area contributed by atoms with Crippen molar-refractivity contribution in [2.75, 3.05) is 13.6 Å². The van der Waals surface area contributed by atoms with E-state index in [1.807, 2.05) is 0 Å². The van der Waals surface area contributed by atoms with Crippen LogP contribution in [-0.2, 0) is 0 Å². The molecule has 2 heteroatoms. The van der Waals surface area contributed by atoms with E-state index in [2.05, 4.69) is 32.7 Å². The molecule has 0 spiro atoms. The highest BCUT2D eigenvalue weighted by Crippen LogP contribution is 2.31. The van der Waals surface area contributed by atoms with Gasteiger partial charge < -0.3 is 10.0 Å². The fourth-order valence-corrected chi connectivity index (χ4v) is 2.33. The molecule has 1 fully saturated rings. The zero-order valence-electron chi connectivity index (χ0n) is 9.38. The SMILES string of the molecule is CCC(C)CC1(O)CC(C)N(C)C1. The minimum atomic E-state index is -0.413. The van der Waals surface area contributed by atoms with Gasteiger partial charge in [0.05, 0.1) is 5.60 Å². The Labute approximate surface area is 81.9 Å². The number of hydrogen-bond donors (Lipinski definition) is 1. The van der Waals surface area contributed by atoms with Crippen LogP contribution in [0.4, 0.5) is 0 Å². The van der Waals surface area contributed by atoms with Gasteiger partial charge in [0.15, 0.2) is 0 Å². The second kappa shape index (κ2) is 3.97. The molecule has 1 aliphatic rings. The molecule has 0 aromatic carbocycles. The van der Waals surface area contributed by atoms with Gasteiger partial charge >= 0.3 is 0 Å². The maximum Gasteiger partial charge on any atom is 0.0791 e. The van der Waals surface area contributed by atoms with Gasteiger partial charge in [-0.2, -0.15) is 0 Å². The average molecular weight is 185 g/mol. The van der Waals surface area contributed by atoms with E-state index in [0.29, 0.717) is 12.0 Å². The van der Waals surface area contributed by atoms with Gasteiger partial charge in [-0.05, 0) is 32.7 Å². The molecule has 1 N–H and O–H groups in total. The molecule has 0 bridgehead atoms. The van der Waals surface area contributed by atoms with Gasteiger partial charge in [0.2, 0.25) is 0 Å². The van der Waals surface area contributed by atoms with Gasteiger partial charge in [-0.1, -0.05) is 20.3 Å². The number of aliphatic hydroxyl groups is 1. The van der Waals surface area contributed by atoms with E-state index in [1.165, 1.54) is 6.42 Å². The van der Waals surface area contributed by atoms with Crippen LogP contribution in [0.15, 0.2) is 0 Å². The molecular formula is C11H23NO. The van der Waals surface area contributed by atoms with Crippen LogP contribution in [0.25, 0.3) is 0 Å². The lowest BCUT2D eigenvalue weighted by Crippen LogP contribution is -2.33. The van der Waals surface area contributed by atoms with Crippen LogP contribution in [0.1, 0.15) is 40.0 Å². The Bertz CT molecular complexity index is 159. The standard InChI is InChI=1S/C11H23NO/c1-5-9(2)6-11(13)7-10(3)12(4)8-11/h9-10,13H,5-8H2,1-4H3. The molecule has 0 aromatic heterocycles. The van der Waals surface area contributed by atoms with E-state index in [4.69, 9.17) is 0 Å². The number of nitrogens with zero attached hydrogens (tertiary/aromatic N) is 1. The second-order valence-corrected chi connectivity index (χ2v) is 4.91. The largest absolute Gasteiger partial charge is 0.388 e. The van der Waals surface area contributed by atoms with Gasteiger partial charge in [-0.3, -0.25) is 0 Å². The third-order valence-corrected chi connectivity index (χ3v) is 3.40. The van der Waals surface area contributed by atoms with Crippen molar-refractivity contribution in [2.45, 2.75) is 51.7 Å². The summed E-state index contributed by atoms with van der Waals surface area (Å²) in [5, 5.41) is 10.3. The van der Waals surface area contributed by atoms with Gasteiger partial charge in [-0.25, -0.2) is 0 Å². The molecule has 0 saturated carbocycles. The summed E-state index contributed by atoms with van der Waals surface area (Å²) in [6.45, 7) is 7.45. The summed E-state index contributed by atoms with van der Waals surface area (Å²) in [4.78, 5) is 2.25. The lowest BCUT2D eigenvalue weighted by Gasteiger charge is -2.25. The Morgan fingerprint density at radius 1 is 1.62 bits per heavy atom. The third kappa shape index (κ3) is 2.68. The van der Waals surface area contributed by atoms with Crippen molar-refractivity contribution in [3.05, 3.63) is 0 Å². The van der Waals surface area contributed by atoms with Gasteiger partial charge in [-0.15, -0.1) is 0 Å². The first-order valence-electron chi connectivity index (χ1n) is 5.39. The maximum absolute atomic E-state index is 10.3. The summed E-state index contributed by atoms with van der Waals surface area (Å²) in [6.07, 6.45) is 3.06. The van der Waals surface area contributed by atoms with E-state index in [9.17, 15) is 5.11 Å². The van der Waals surface area contributed by atoms with Gasteiger partial charge in [0.1, 0.15) is 0 Å². The van der Waals surface area contributed by atoms with Crippen LogP contribution in [0.3, 0.4) is 0 Å². The monoisotopic (exact) mass is 185 g/mol. The minimum Gasteiger partial charge on any atom is -0.388 e. The first-order chi connectivity index (χ1) is 5.97. The van der Waals surface area contributed by atoms with Crippen molar-refractivity contribution in [2.24, 2.45) is 5.92 Å². The van der Waals surface area contributed by atoms with Crippen LogP contribution >= 0.6 is 0 Å². The number of rotatable bonds is 3. The van der Waals surface area contributed by atoms with E-state index in [1.54, 1.807) is 0 Å². The molecule has 1 heterocycles. The Balaban J connectivity index is 2.49. The number of hydrogen-bond acceptors (Lipinski definition) is 2. The summed E-state index contributed by atoms with van der Waals surface area (Å²) < 4.78 is 0. The average Bonchev–Trinajstić information content (AvgIpc) is 2.25. The van der Waals surface area contributed by atoms with Gasteiger partial charge in [0.25, 0.3) is 0 Å². The minimum absolute atomic E-state index is 0.413. The Morgan fingerprint density at radius 2 is 2.23 bits per heavy atom. The van der Waals surface area contributed by atoms with Crippen LogP contribution < -0.4 is 0 Å². The third-order valence-electron chi connectivity index (χ3n) is 3.40. The predicted molar refractivity (Wildman–Crippen MR) is 55.7 cm³/mol. The molecule has 0 amide bonds. The van der Waals surface area contributed by atoms with Crippen molar-refractivity contribution >= 4 is 0 Å². The molecule has 2 nitrogen and oxygen atoms in total. The van der Waals surface area contributed by atoms with E-state index >= 15 is 0 Å². The molecule has 13 heavy (non-hydrogen) atoms. The summed E-state index contributed by atoms with van der Waals surface area (Å²) in [5.74, 6) is 0.642. The molecule has 0 radical (unpaired) electrons. The summed E-state index contributed by atoms with van der Waals surface area (Å²) in [5.41, 5.74) is -0.413. The highest BCUT2D eigenvalue weighted by Gasteiger charge is 2.39. The quantitative estimate of drug-likeness (QED) is 0.725. The van der Waals surface area contributed by atoms with Crippen LogP contribution in [0, 0.1) is 5.92 Å². The van der Waals surface area contributed by atoms with Crippen molar-refractivity contribution in [3.63, 3.8) is 0 Å². The molecule has 78 valence electrons. The van der Waals surface area contributed by atoms with Crippen LogP contribution in [-0.4, -0.2) is 35.2 Å². The topological polar surface area (TPSA) is 23.5 Å². The Kier molecular flexibility index (Phi) is 3.36. The summed E-state index contributed by atoms with van der Waals surface area (Å²) >= 11 is 0.